The van der Waals surface area contributed by atoms with Gasteiger partial charge in [0.05, 0.1) is 13.7 Å². The van der Waals surface area contributed by atoms with Gasteiger partial charge in [0.2, 0.25) is 0 Å². The Bertz CT molecular complexity index is 1650. The number of fused-ring (bicyclic) bond motifs is 3. The Hall–Kier alpha value is -3.37. The van der Waals surface area contributed by atoms with E-state index in [9.17, 15) is 0 Å². The van der Waals surface area contributed by atoms with Crippen LogP contribution in [0.15, 0.2) is 95.7 Å². The van der Waals surface area contributed by atoms with Crippen LogP contribution in [0.1, 0.15) is 11.1 Å². The number of nitrogens with zero attached hydrogens (tertiary/aromatic N) is 2. The van der Waals surface area contributed by atoms with E-state index in [-0.39, 0.29) is 20.1 Å². The number of aryl methyl sites for hydroxylation is 2. The number of benzene rings is 3. The second-order valence-electron chi connectivity index (χ2n) is 10.4. The van der Waals surface area contributed by atoms with Crippen LogP contribution in [0.25, 0.3) is 44.5 Å². The van der Waals surface area contributed by atoms with E-state index in [1.165, 1.54) is 10.8 Å². The van der Waals surface area contributed by atoms with Crippen molar-refractivity contribution in [2.24, 2.45) is 0 Å². The fraction of sp³-hybridized carbons (Fsp3) is 0.152. The molecule has 5 heteroatoms. The Morgan fingerprint density at radius 1 is 0.711 bits per heavy atom. The summed E-state index contributed by atoms with van der Waals surface area (Å²) in [6, 6.07) is 33.2. The van der Waals surface area contributed by atoms with Gasteiger partial charge in [-0.2, -0.15) is 0 Å². The van der Waals surface area contributed by atoms with Crippen molar-refractivity contribution in [1.82, 2.24) is 9.97 Å². The molecule has 0 bridgehead atoms. The molecule has 0 saturated carbocycles. The SMILES string of the molecule is Cc1ccc(-c2[c-]ccc3c2oc2cc([Si](C)(C)C)ccc23)nc1.Cc1ccc(-c2[c-]cccc2)nc1.[Ir]. The largest absolute Gasteiger partial charge is 0.501 e. The van der Waals surface area contributed by atoms with Crippen LogP contribution in [-0.4, -0.2) is 18.0 Å². The zero-order chi connectivity index (χ0) is 26.0. The molecule has 0 aliphatic rings. The van der Waals surface area contributed by atoms with E-state index in [1.807, 2.05) is 68.7 Å². The molecule has 3 aromatic carbocycles. The van der Waals surface area contributed by atoms with E-state index in [2.05, 4.69) is 78.1 Å². The van der Waals surface area contributed by atoms with Crippen molar-refractivity contribution < 1.29 is 24.5 Å². The summed E-state index contributed by atoms with van der Waals surface area (Å²) in [5, 5.41) is 3.70. The van der Waals surface area contributed by atoms with Crippen LogP contribution in [0.2, 0.25) is 19.6 Å². The number of furan rings is 1. The second-order valence-corrected chi connectivity index (χ2v) is 15.5. The second kappa shape index (κ2) is 11.6. The van der Waals surface area contributed by atoms with E-state index in [0.29, 0.717) is 0 Å². The molecule has 0 aliphatic carbocycles. The van der Waals surface area contributed by atoms with Crippen LogP contribution in [0.3, 0.4) is 0 Å². The van der Waals surface area contributed by atoms with Crippen LogP contribution < -0.4 is 5.19 Å². The molecule has 1 radical (unpaired) electrons. The Balaban J connectivity index is 0.000000204. The van der Waals surface area contributed by atoms with E-state index >= 15 is 0 Å². The maximum atomic E-state index is 6.26. The predicted molar refractivity (Wildman–Crippen MR) is 157 cm³/mol. The molecule has 0 unspecified atom stereocenters. The van der Waals surface area contributed by atoms with Crippen molar-refractivity contribution in [1.29, 1.82) is 0 Å². The van der Waals surface area contributed by atoms with Gasteiger partial charge in [-0.1, -0.05) is 72.2 Å². The van der Waals surface area contributed by atoms with Crippen molar-refractivity contribution in [3.05, 3.63) is 115 Å². The first-order chi connectivity index (χ1) is 17.8. The van der Waals surface area contributed by atoms with E-state index in [1.54, 1.807) is 0 Å². The minimum atomic E-state index is -1.36. The summed E-state index contributed by atoms with van der Waals surface area (Å²) >= 11 is 0. The van der Waals surface area contributed by atoms with Crippen molar-refractivity contribution in [2.75, 3.05) is 0 Å². The monoisotopic (exact) mass is 691 g/mol. The van der Waals surface area contributed by atoms with Crippen LogP contribution in [0.5, 0.6) is 0 Å². The van der Waals surface area contributed by atoms with Gasteiger partial charge in [-0.3, -0.25) is 0 Å². The van der Waals surface area contributed by atoms with Gasteiger partial charge in [0.25, 0.3) is 0 Å². The van der Waals surface area contributed by atoms with Crippen molar-refractivity contribution in [2.45, 2.75) is 33.5 Å². The summed E-state index contributed by atoms with van der Waals surface area (Å²) in [6.07, 6.45) is 3.75. The number of hydrogen-bond donors (Lipinski definition) is 0. The number of pyridine rings is 2. The zero-order valence-electron chi connectivity index (χ0n) is 22.3. The molecule has 3 heterocycles. The van der Waals surface area contributed by atoms with Crippen LogP contribution in [0, 0.1) is 26.0 Å². The Labute approximate surface area is 239 Å². The van der Waals surface area contributed by atoms with Crippen molar-refractivity contribution in [3.63, 3.8) is 0 Å². The molecular weight excluding hydrogens is 661 g/mol. The topological polar surface area (TPSA) is 38.9 Å². The Morgan fingerprint density at radius 2 is 1.42 bits per heavy atom. The van der Waals surface area contributed by atoms with Gasteiger partial charge in [0.15, 0.2) is 0 Å². The van der Waals surface area contributed by atoms with E-state index in [0.717, 1.165) is 50.0 Å². The molecule has 0 fully saturated rings. The maximum absolute atomic E-state index is 6.26. The standard InChI is InChI=1S/C21H20NOSi.C12H10N.Ir/c1-14-8-11-19(22-13-14)18-7-5-6-17-16-10-9-15(24(2,3)4)12-20(16)23-21(17)18;1-10-7-8-12(13-9-10)11-5-3-2-4-6-11;/h5-6,8-13H,1-4H3;2-5,7-9H,1H3;/q2*-1;. The fourth-order valence-electron chi connectivity index (χ4n) is 4.19. The van der Waals surface area contributed by atoms with Crippen LogP contribution >= 0.6 is 0 Å². The molecule has 0 spiro atoms. The summed E-state index contributed by atoms with van der Waals surface area (Å²) < 4.78 is 6.26. The van der Waals surface area contributed by atoms with Crippen molar-refractivity contribution in [3.8, 4) is 22.5 Å². The molecule has 3 nitrogen and oxygen atoms in total. The van der Waals surface area contributed by atoms with Gasteiger partial charge >= 0.3 is 0 Å². The van der Waals surface area contributed by atoms with Gasteiger partial charge < -0.3 is 14.4 Å². The van der Waals surface area contributed by atoms with Gasteiger partial charge in [0.1, 0.15) is 5.58 Å². The smallest absolute Gasteiger partial charge is 0.120 e. The average molecular weight is 691 g/mol. The quantitative estimate of drug-likeness (QED) is 0.139. The Kier molecular flexibility index (Phi) is 8.42. The molecule has 0 amide bonds. The van der Waals surface area contributed by atoms with Crippen LogP contribution in [0.4, 0.5) is 0 Å². The summed E-state index contributed by atoms with van der Waals surface area (Å²) in [4.78, 5) is 8.86. The predicted octanol–water partition coefficient (Wildman–Crippen LogP) is 8.16. The minimum absolute atomic E-state index is 0. The average Bonchev–Trinajstić information content (AvgIpc) is 3.28. The zero-order valence-corrected chi connectivity index (χ0v) is 25.7. The maximum Gasteiger partial charge on any atom is 0.120 e. The molecule has 6 rings (SSSR count). The molecule has 193 valence electrons. The van der Waals surface area contributed by atoms with E-state index < -0.39 is 8.07 Å². The van der Waals surface area contributed by atoms with Gasteiger partial charge in [-0.15, -0.1) is 54.1 Å². The first kappa shape index (κ1) is 27.7. The summed E-state index contributed by atoms with van der Waals surface area (Å²) in [5.74, 6) is 0. The molecule has 6 aromatic rings. The summed E-state index contributed by atoms with van der Waals surface area (Å²) in [5.41, 5.74) is 8.01. The van der Waals surface area contributed by atoms with E-state index in [4.69, 9.17) is 4.42 Å². The normalized spacial score (nSPS) is 11.1. The van der Waals surface area contributed by atoms with Crippen molar-refractivity contribution >= 4 is 35.2 Å². The summed E-state index contributed by atoms with van der Waals surface area (Å²) in [6.45, 7) is 11.1. The first-order valence-corrected chi connectivity index (χ1v) is 16.0. The third-order valence-electron chi connectivity index (χ3n) is 6.36. The number of aromatic nitrogens is 2. The number of hydrogen-bond acceptors (Lipinski definition) is 3. The number of rotatable bonds is 3. The summed E-state index contributed by atoms with van der Waals surface area (Å²) in [7, 11) is -1.36. The fourth-order valence-corrected chi connectivity index (χ4v) is 5.34. The molecular formula is C33H30IrN2OSi-2. The van der Waals surface area contributed by atoms with Crippen LogP contribution in [-0.2, 0) is 20.1 Å². The first-order valence-electron chi connectivity index (χ1n) is 12.5. The Morgan fingerprint density at radius 3 is 2.03 bits per heavy atom. The molecule has 0 saturated heterocycles. The van der Waals surface area contributed by atoms with Gasteiger partial charge in [-0.05, 0) is 42.4 Å². The molecule has 38 heavy (non-hydrogen) atoms. The molecule has 3 aromatic heterocycles. The molecule has 0 aliphatic heterocycles. The molecule has 0 N–H and O–H groups in total. The minimum Gasteiger partial charge on any atom is -0.501 e. The third-order valence-corrected chi connectivity index (χ3v) is 8.41. The van der Waals surface area contributed by atoms with Gasteiger partial charge in [0, 0.05) is 37.9 Å². The molecule has 0 atom stereocenters. The third kappa shape index (κ3) is 6.02. The van der Waals surface area contributed by atoms with Gasteiger partial charge in [-0.25, -0.2) is 0 Å².